The number of rotatable bonds is 6. The van der Waals surface area contributed by atoms with E-state index in [-0.39, 0.29) is 29.0 Å². The van der Waals surface area contributed by atoms with E-state index >= 15 is 0 Å². The molecule has 0 radical (unpaired) electrons. The van der Waals surface area contributed by atoms with E-state index in [0.29, 0.717) is 0 Å². The molecular weight excluding hydrogens is 432 g/mol. The third-order valence-electron chi connectivity index (χ3n) is 8.51. The number of fused-ring (bicyclic) bond motifs is 3. The van der Waals surface area contributed by atoms with Crippen LogP contribution in [0, 0.1) is 11.3 Å². The molecule has 0 aromatic heterocycles. The Bertz CT molecular complexity index is 1160. The van der Waals surface area contributed by atoms with E-state index in [0.717, 1.165) is 48.8 Å². The van der Waals surface area contributed by atoms with Crippen molar-refractivity contribution in [3.05, 3.63) is 88.5 Å². The first-order valence-electron chi connectivity index (χ1n) is 12.9. The van der Waals surface area contributed by atoms with Gasteiger partial charge in [0.25, 0.3) is 0 Å². The van der Waals surface area contributed by atoms with Gasteiger partial charge in [0.05, 0.1) is 12.5 Å². The minimum atomic E-state index is -0.484. The maximum Gasteiger partial charge on any atom is 0.311 e. The van der Waals surface area contributed by atoms with Crippen molar-refractivity contribution in [1.29, 1.82) is 0 Å². The van der Waals surface area contributed by atoms with Crippen LogP contribution in [0.25, 0.3) is 6.08 Å². The van der Waals surface area contributed by atoms with Gasteiger partial charge in [-0.25, -0.2) is 0 Å². The van der Waals surface area contributed by atoms with Crippen LogP contribution in [0.15, 0.2) is 60.7 Å². The quantitative estimate of drug-likeness (QED) is 0.191. The maximum absolute atomic E-state index is 13.4. The highest BCUT2D eigenvalue weighted by atomic mass is 16.5. The zero-order valence-electron chi connectivity index (χ0n) is 21.8. The van der Waals surface area contributed by atoms with Gasteiger partial charge in [-0.05, 0) is 84.3 Å². The zero-order chi connectivity index (χ0) is 25.2. The fourth-order valence-corrected chi connectivity index (χ4v) is 6.67. The summed E-state index contributed by atoms with van der Waals surface area (Å²) in [6.45, 7) is 8.69. The normalized spacial score (nSPS) is 26.1. The smallest absolute Gasteiger partial charge is 0.311 e. The van der Waals surface area contributed by atoms with Crippen molar-refractivity contribution in [2.24, 2.45) is 11.3 Å². The number of benzene rings is 2. The van der Waals surface area contributed by atoms with E-state index in [4.69, 9.17) is 4.74 Å². The maximum atomic E-state index is 13.4. The molecule has 3 heteroatoms. The number of hydrogen-bond donors (Lipinski definition) is 0. The first-order valence-corrected chi connectivity index (χ1v) is 12.9. The van der Waals surface area contributed by atoms with Gasteiger partial charge in [-0.15, -0.1) is 0 Å². The Labute approximate surface area is 210 Å². The lowest BCUT2D eigenvalue weighted by molar-refractivity contribution is -0.161. The van der Waals surface area contributed by atoms with Crippen molar-refractivity contribution in [2.45, 2.75) is 71.1 Å². The van der Waals surface area contributed by atoms with Gasteiger partial charge in [-0.2, -0.15) is 0 Å². The number of carbonyl (C=O) groups is 2. The van der Waals surface area contributed by atoms with Crippen LogP contribution in [0.5, 0.6) is 0 Å². The summed E-state index contributed by atoms with van der Waals surface area (Å²) in [6.07, 6.45) is 12.2. The Morgan fingerprint density at radius 1 is 1.06 bits per heavy atom. The van der Waals surface area contributed by atoms with Crippen LogP contribution in [0.2, 0.25) is 0 Å². The van der Waals surface area contributed by atoms with E-state index in [1.807, 2.05) is 48.6 Å². The summed E-state index contributed by atoms with van der Waals surface area (Å²) in [5.41, 5.74) is 4.97. The Kier molecular flexibility index (Phi) is 7.17. The Morgan fingerprint density at radius 3 is 2.49 bits per heavy atom. The van der Waals surface area contributed by atoms with E-state index in [1.165, 1.54) is 18.2 Å². The minimum absolute atomic E-state index is 0.0338. The molecule has 2 aliphatic carbocycles. The standard InChI is InChI=1S/C32H38O3/c1-22(2)25-20-24-16-17-29-31(3,18-11-19-32(29,4)30(34)35-5)27(24)21-26(25)28(33)15-10-9-14-23-12-7-6-8-13-23/h6-10,12-15,20-22,29H,11,16-19H2,1-5H3/b14-9+,15-10+/t29-,31-,32-/m1/s1. The summed E-state index contributed by atoms with van der Waals surface area (Å²) in [7, 11) is 1.50. The van der Waals surface area contributed by atoms with Crippen LogP contribution in [-0.4, -0.2) is 18.9 Å². The van der Waals surface area contributed by atoms with Crippen LogP contribution >= 0.6 is 0 Å². The molecule has 0 aliphatic heterocycles. The average molecular weight is 471 g/mol. The molecule has 2 aromatic rings. The number of hydrogen-bond acceptors (Lipinski definition) is 3. The predicted octanol–water partition coefficient (Wildman–Crippen LogP) is 7.45. The summed E-state index contributed by atoms with van der Waals surface area (Å²) in [4.78, 5) is 26.3. The molecule has 0 heterocycles. The van der Waals surface area contributed by atoms with Crippen molar-refractivity contribution in [1.82, 2.24) is 0 Å². The highest BCUT2D eigenvalue weighted by molar-refractivity contribution is 6.06. The fraction of sp³-hybridized carbons (Fsp3) is 0.438. The molecular formula is C32H38O3. The van der Waals surface area contributed by atoms with Crippen LogP contribution in [0.1, 0.15) is 91.9 Å². The number of ketones is 1. The highest BCUT2D eigenvalue weighted by Gasteiger charge is 2.55. The molecule has 3 nitrogen and oxygen atoms in total. The second kappa shape index (κ2) is 9.97. The molecule has 0 spiro atoms. The average Bonchev–Trinajstić information content (AvgIpc) is 2.85. The van der Waals surface area contributed by atoms with Crippen molar-refractivity contribution in [2.75, 3.05) is 7.11 Å². The Balaban J connectivity index is 1.70. The van der Waals surface area contributed by atoms with Crippen LogP contribution in [-0.2, 0) is 21.4 Å². The molecule has 1 saturated carbocycles. The molecule has 0 N–H and O–H groups in total. The second-order valence-electron chi connectivity index (χ2n) is 11.0. The molecule has 0 bridgehead atoms. The van der Waals surface area contributed by atoms with Crippen LogP contribution in [0.4, 0.5) is 0 Å². The van der Waals surface area contributed by atoms with Gasteiger partial charge in [-0.1, -0.05) is 81.8 Å². The highest BCUT2D eigenvalue weighted by Crippen LogP contribution is 2.58. The lowest BCUT2D eigenvalue weighted by atomic mass is 9.49. The number of esters is 1. The molecule has 0 saturated heterocycles. The largest absolute Gasteiger partial charge is 0.469 e. The fourth-order valence-electron chi connectivity index (χ4n) is 6.67. The molecule has 0 amide bonds. The van der Waals surface area contributed by atoms with Gasteiger partial charge >= 0.3 is 5.97 Å². The minimum Gasteiger partial charge on any atom is -0.469 e. The lowest BCUT2D eigenvalue weighted by Crippen LogP contribution is -2.52. The van der Waals surface area contributed by atoms with Crippen molar-refractivity contribution < 1.29 is 14.3 Å². The SMILES string of the molecule is COC(=O)[C@]1(C)CCC[C@]2(C)c3cc(C(=O)/C=C/C=C/c4ccccc4)c(C(C)C)cc3CC[C@@H]12. The van der Waals surface area contributed by atoms with Crippen molar-refractivity contribution >= 4 is 17.8 Å². The van der Waals surface area contributed by atoms with Gasteiger partial charge in [0, 0.05) is 5.56 Å². The van der Waals surface area contributed by atoms with Gasteiger partial charge < -0.3 is 4.74 Å². The number of carbonyl (C=O) groups excluding carboxylic acids is 2. The monoisotopic (exact) mass is 470 g/mol. The molecule has 2 aromatic carbocycles. The first-order chi connectivity index (χ1) is 16.7. The van der Waals surface area contributed by atoms with Gasteiger partial charge in [0.15, 0.2) is 5.78 Å². The lowest BCUT2D eigenvalue weighted by Gasteiger charge is -2.54. The molecule has 1 fully saturated rings. The summed E-state index contributed by atoms with van der Waals surface area (Å²) < 4.78 is 5.27. The van der Waals surface area contributed by atoms with Crippen molar-refractivity contribution in [3.8, 4) is 0 Å². The molecule has 35 heavy (non-hydrogen) atoms. The van der Waals surface area contributed by atoms with Crippen LogP contribution < -0.4 is 0 Å². The van der Waals surface area contributed by atoms with E-state index in [2.05, 4.69) is 39.8 Å². The van der Waals surface area contributed by atoms with Gasteiger partial charge in [0.2, 0.25) is 0 Å². The number of methoxy groups -OCH3 is 1. The molecule has 3 atom stereocenters. The first kappa shape index (κ1) is 25.2. The van der Waals surface area contributed by atoms with E-state index < -0.39 is 5.41 Å². The Morgan fingerprint density at radius 2 is 1.80 bits per heavy atom. The molecule has 4 rings (SSSR count). The third kappa shape index (κ3) is 4.66. The number of allylic oxidation sites excluding steroid dienone is 3. The summed E-state index contributed by atoms with van der Waals surface area (Å²) in [6, 6.07) is 14.5. The second-order valence-corrected chi connectivity index (χ2v) is 11.0. The van der Waals surface area contributed by atoms with E-state index in [1.54, 1.807) is 6.08 Å². The summed E-state index contributed by atoms with van der Waals surface area (Å²) in [5.74, 6) is 0.400. The Hall–Kier alpha value is -2.94. The summed E-state index contributed by atoms with van der Waals surface area (Å²) >= 11 is 0. The van der Waals surface area contributed by atoms with Crippen molar-refractivity contribution in [3.63, 3.8) is 0 Å². The molecule has 0 unspecified atom stereocenters. The number of aryl methyl sites for hydroxylation is 1. The zero-order valence-corrected chi connectivity index (χ0v) is 21.8. The topological polar surface area (TPSA) is 43.4 Å². The van der Waals surface area contributed by atoms with Crippen LogP contribution in [0.3, 0.4) is 0 Å². The van der Waals surface area contributed by atoms with Gasteiger partial charge in [0.1, 0.15) is 0 Å². The molecule has 184 valence electrons. The number of ether oxygens (including phenoxy) is 1. The van der Waals surface area contributed by atoms with Gasteiger partial charge in [-0.3, -0.25) is 9.59 Å². The van der Waals surface area contributed by atoms with E-state index in [9.17, 15) is 9.59 Å². The summed E-state index contributed by atoms with van der Waals surface area (Å²) in [5, 5.41) is 0. The third-order valence-corrected chi connectivity index (χ3v) is 8.51. The molecule has 2 aliphatic rings. The predicted molar refractivity (Wildman–Crippen MR) is 143 cm³/mol.